The lowest BCUT2D eigenvalue weighted by Crippen LogP contribution is -2.33. The van der Waals surface area contributed by atoms with Crippen molar-refractivity contribution in [3.8, 4) is 0 Å². The fraction of sp³-hybridized carbons (Fsp3) is 0.154. The van der Waals surface area contributed by atoms with Crippen LogP contribution in [-0.2, 0) is 14.3 Å². The Bertz CT molecular complexity index is 678. The lowest BCUT2D eigenvalue weighted by atomic mass is 10.2. The molecule has 0 unspecified atom stereocenters. The molecule has 0 atom stereocenters. The number of nitro benzene ring substituents is 1. The highest BCUT2D eigenvalue weighted by Gasteiger charge is 2.12. The summed E-state index contributed by atoms with van der Waals surface area (Å²) in [5.74, 6) is -2.23. The van der Waals surface area contributed by atoms with Gasteiger partial charge in [-0.1, -0.05) is 0 Å². The van der Waals surface area contributed by atoms with Gasteiger partial charge in [0.1, 0.15) is 5.82 Å². The zero-order valence-corrected chi connectivity index (χ0v) is 12.7. The highest BCUT2D eigenvalue weighted by atomic mass is 32.1. The van der Waals surface area contributed by atoms with Gasteiger partial charge < -0.3 is 10.1 Å². The summed E-state index contributed by atoms with van der Waals surface area (Å²) in [5.41, 5.74) is -0.607. The molecule has 0 aliphatic rings. The van der Waals surface area contributed by atoms with Crippen molar-refractivity contribution >= 4 is 40.6 Å². The highest BCUT2D eigenvalue weighted by molar-refractivity contribution is 7.80. The van der Waals surface area contributed by atoms with E-state index in [0.29, 0.717) is 0 Å². The predicted octanol–water partition coefficient (Wildman–Crippen LogP) is 1.67. The second kappa shape index (κ2) is 8.54. The van der Waals surface area contributed by atoms with Gasteiger partial charge in [0.05, 0.1) is 17.2 Å². The lowest BCUT2D eigenvalue weighted by Gasteiger charge is -2.08. The Hall–Kier alpha value is -2.88. The van der Waals surface area contributed by atoms with E-state index in [2.05, 4.69) is 15.4 Å². The summed E-state index contributed by atoms with van der Waals surface area (Å²) >= 11 is 4.78. The van der Waals surface area contributed by atoms with E-state index in [9.17, 15) is 24.1 Å². The van der Waals surface area contributed by atoms with Gasteiger partial charge in [-0.3, -0.25) is 20.2 Å². The molecule has 0 heterocycles. The number of carbonyl (C=O) groups is 2. The van der Waals surface area contributed by atoms with E-state index in [-0.39, 0.29) is 23.1 Å². The molecule has 0 radical (unpaired) electrons. The van der Waals surface area contributed by atoms with Gasteiger partial charge >= 0.3 is 5.97 Å². The van der Waals surface area contributed by atoms with Crippen LogP contribution in [0.25, 0.3) is 0 Å². The van der Waals surface area contributed by atoms with Crippen LogP contribution in [0.2, 0.25) is 0 Å². The Balaban J connectivity index is 2.66. The van der Waals surface area contributed by atoms with Gasteiger partial charge in [-0.25, -0.2) is 9.18 Å². The van der Waals surface area contributed by atoms with E-state index < -0.39 is 22.6 Å². The minimum absolute atomic E-state index is 0.164. The smallest absolute Gasteiger partial charge is 0.330 e. The molecule has 0 aromatic heterocycles. The van der Waals surface area contributed by atoms with Crippen LogP contribution in [0.15, 0.2) is 30.4 Å². The number of hydrogen-bond donors (Lipinski definition) is 2. The largest absolute Gasteiger partial charge is 0.463 e. The summed E-state index contributed by atoms with van der Waals surface area (Å²) in [4.78, 5) is 32.4. The van der Waals surface area contributed by atoms with Crippen molar-refractivity contribution in [3.05, 3.63) is 46.3 Å². The van der Waals surface area contributed by atoms with Crippen LogP contribution in [0.1, 0.15) is 6.92 Å². The Kier molecular flexibility index (Phi) is 6.74. The first kappa shape index (κ1) is 18.2. The Morgan fingerprint density at radius 3 is 2.74 bits per heavy atom. The van der Waals surface area contributed by atoms with Gasteiger partial charge in [0.25, 0.3) is 5.69 Å². The molecule has 0 aliphatic heterocycles. The number of anilines is 1. The van der Waals surface area contributed by atoms with Gasteiger partial charge in [-0.2, -0.15) is 0 Å². The molecule has 1 aromatic carbocycles. The van der Waals surface area contributed by atoms with Crippen LogP contribution in [0.5, 0.6) is 0 Å². The molecule has 0 aliphatic carbocycles. The number of esters is 1. The van der Waals surface area contributed by atoms with E-state index >= 15 is 0 Å². The molecule has 1 aromatic rings. The zero-order chi connectivity index (χ0) is 17.4. The molecule has 0 saturated heterocycles. The van der Waals surface area contributed by atoms with E-state index in [1.807, 2.05) is 0 Å². The quantitative estimate of drug-likeness (QED) is 0.275. The number of halogens is 1. The number of carbonyl (C=O) groups excluding carboxylic acids is 2. The average molecular weight is 341 g/mol. The SMILES string of the molecule is CCOC(=O)C=CC(=O)NC(=S)Nc1cc([N+](=O)[O-])ccc1F. The third kappa shape index (κ3) is 6.18. The van der Waals surface area contributed by atoms with Crippen molar-refractivity contribution in [2.24, 2.45) is 0 Å². The maximum atomic E-state index is 13.5. The number of non-ortho nitro benzene ring substituents is 1. The fourth-order valence-electron chi connectivity index (χ4n) is 1.36. The van der Waals surface area contributed by atoms with Gasteiger partial charge in [0, 0.05) is 24.3 Å². The molecule has 0 spiro atoms. The Labute approximate surface area is 135 Å². The predicted molar refractivity (Wildman–Crippen MR) is 83.2 cm³/mol. The summed E-state index contributed by atoms with van der Waals surface area (Å²) in [6.07, 6.45) is 1.78. The first-order valence-electron chi connectivity index (χ1n) is 6.24. The normalized spacial score (nSPS) is 10.2. The average Bonchev–Trinajstić information content (AvgIpc) is 2.47. The molecule has 23 heavy (non-hydrogen) atoms. The minimum Gasteiger partial charge on any atom is -0.463 e. The number of ether oxygens (including phenoxy) is 1. The van der Waals surface area contributed by atoms with E-state index in [1.54, 1.807) is 6.92 Å². The van der Waals surface area contributed by atoms with Crippen molar-refractivity contribution < 1.29 is 23.6 Å². The summed E-state index contributed by atoms with van der Waals surface area (Å²) < 4.78 is 18.1. The molecule has 1 amide bonds. The summed E-state index contributed by atoms with van der Waals surface area (Å²) in [7, 11) is 0. The summed E-state index contributed by atoms with van der Waals surface area (Å²) in [5, 5.41) is 14.8. The number of nitrogens with one attached hydrogen (secondary N) is 2. The second-order valence-electron chi connectivity index (χ2n) is 3.95. The molecule has 1 rings (SSSR count). The first-order valence-corrected chi connectivity index (χ1v) is 6.65. The van der Waals surface area contributed by atoms with Crippen molar-refractivity contribution in [1.29, 1.82) is 0 Å². The van der Waals surface area contributed by atoms with Crippen LogP contribution in [0.4, 0.5) is 15.8 Å². The van der Waals surface area contributed by atoms with E-state index in [0.717, 1.165) is 30.4 Å². The number of amides is 1. The monoisotopic (exact) mass is 341 g/mol. The number of benzene rings is 1. The highest BCUT2D eigenvalue weighted by Crippen LogP contribution is 2.20. The standard InChI is InChI=1S/C13H12FN3O5S/c1-2-22-12(19)6-5-11(18)16-13(23)15-10-7-8(17(20)21)3-4-9(10)14/h3-7H,2H2,1H3,(H2,15,16,18,23). The number of hydrogen-bond acceptors (Lipinski definition) is 6. The van der Waals surface area contributed by atoms with Crippen molar-refractivity contribution in [3.63, 3.8) is 0 Å². The lowest BCUT2D eigenvalue weighted by molar-refractivity contribution is -0.384. The topological polar surface area (TPSA) is 111 Å². The van der Waals surface area contributed by atoms with Gasteiger partial charge in [0.2, 0.25) is 5.91 Å². The van der Waals surface area contributed by atoms with Gasteiger partial charge in [-0.15, -0.1) is 0 Å². The molecule has 122 valence electrons. The van der Waals surface area contributed by atoms with Crippen LogP contribution in [-0.4, -0.2) is 28.5 Å². The summed E-state index contributed by atoms with van der Waals surface area (Å²) in [6.45, 7) is 1.77. The molecule has 8 nitrogen and oxygen atoms in total. The maximum Gasteiger partial charge on any atom is 0.330 e. The van der Waals surface area contributed by atoms with Crippen molar-refractivity contribution in [2.45, 2.75) is 6.92 Å². The van der Waals surface area contributed by atoms with E-state index in [4.69, 9.17) is 12.2 Å². The molecular formula is C13H12FN3O5S. The fourth-order valence-corrected chi connectivity index (χ4v) is 1.57. The van der Waals surface area contributed by atoms with Crippen molar-refractivity contribution in [1.82, 2.24) is 5.32 Å². The van der Waals surface area contributed by atoms with Gasteiger partial charge in [0.15, 0.2) is 5.11 Å². The summed E-state index contributed by atoms with van der Waals surface area (Å²) in [6, 6.07) is 2.82. The Morgan fingerprint density at radius 2 is 2.13 bits per heavy atom. The second-order valence-corrected chi connectivity index (χ2v) is 4.36. The number of nitro groups is 1. The molecular weight excluding hydrogens is 329 g/mol. The van der Waals surface area contributed by atoms with Crippen LogP contribution >= 0.6 is 12.2 Å². The molecule has 0 bridgehead atoms. The van der Waals surface area contributed by atoms with Gasteiger partial charge in [-0.05, 0) is 25.2 Å². The van der Waals surface area contributed by atoms with Crippen LogP contribution < -0.4 is 10.6 Å². The Morgan fingerprint density at radius 1 is 1.43 bits per heavy atom. The molecule has 0 saturated carbocycles. The van der Waals surface area contributed by atoms with E-state index in [1.165, 1.54) is 0 Å². The maximum absolute atomic E-state index is 13.5. The molecule has 10 heteroatoms. The zero-order valence-electron chi connectivity index (χ0n) is 11.9. The number of rotatable bonds is 5. The minimum atomic E-state index is -0.783. The number of thiocarbonyl (C=S) groups is 1. The van der Waals surface area contributed by atoms with Crippen molar-refractivity contribution in [2.75, 3.05) is 11.9 Å². The van der Waals surface area contributed by atoms with Crippen LogP contribution in [0, 0.1) is 15.9 Å². The number of nitrogens with zero attached hydrogens (tertiary/aromatic N) is 1. The molecule has 0 fully saturated rings. The molecule has 2 N–H and O–H groups in total. The third-order valence-electron chi connectivity index (χ3n) is 2.30. The first-order chi connectivity index (χ1) is 10.8. The third-order valence-corrected chi connectivity index (χ3v) is 2.51. The van der Waals surface area contributed by atoms with Crippen LogP contribution in [0.3, 0.4) is 0 Å².